The molecule has 3 N–H and O–H groups in total. The number of rotatable bonds is 3. The van der Waals surface area contributed by atoms with Crippen LogP contribution in [0.4, 0.5) is 5.82 Å². The van der Waals surface area contributed by atoms with Crippen LogP contribution in [0, 0.1) is 0 Å². The van der Waals surface area contributed by atoms with Crippen LogP contribution in [0.5, 0.6) is 0 Å². The second-order valence-electron chi connectivity index (χ2n) is 2.90. The van der Waals surface area contributed by atoms with Gasteiger partial charge in [0.25, 0.3) is 0 Å². The predicted octanol–water partition coefficient (Wildman–Crippen LogP) is 0.195. The molecule has 5 nitrogen and oxygen atoms in total. The second-order valence-corrected chi connectivity index (χ2v) is 2.90. The lowest BCUT2D eigenvalue weighted by Crippen LogP contribution is -2.20. The summed E-state index contributed by atoms with van der Waals surface area (Å²) in [5, 5.41) is 6.66. The van der Waals surface area contributed by atoms with E-state index in [-0.39, 0.29) is 5.91 Å². The molecule has 0 unspecified atom stereocenters. The Hall–Kier alpha value is -1.78. The van der Waals surface area contributed by atoms with E-state index in [1.807, 2.05) is 0 Å². The SMILES string of the molecule is CC=CC(=O)NCc1cnn(C)c1N. The van der Waals surface area contributed by atoms with Crippen molar-refractivity contribution in [3.05, 3.63) is 23.9 Å². The van der Waals surface area contributed by atoms with E-state index in [0.717, 1.165) is 5.56 Å². The Morgan fingerprint density at radius 2 is 2.50 bits per heavy atom. The van der Waals surface area contributed by atoms with E-state index in [4.69, 9.17) is 5.73 Å². The van der Waals surface area contributed by atoms with Gasteiger partial charge in [-0.1, -0.05) is 6.08 Å². The molecule has 0 atom stereocenters. The molecule has 14 heavy (non-hydrogen) atoms. The molecule has 76 valence electrons. The van der Waals surface area contributed by atoms with Crippen molar-refractivity contribution in [3.63, 3.8) is 0 Å². The number of anilines is 1. The van der Waals surface area contributed by atoms with Gasteiger partial charge in [-0.25, -0.2) is 0 Å². The van der Waals surface area contributed by atoms with E-state index < -0.39 is 0 Å². The highest BCUT2D eigenvalue weighted by atomic mass is 16.1. The quantitative estimate of drug-likeness (QED) is 0.675. The van der Waals surface area contributed by atoms with Gasteiger partial charge in [0, 0.05) is 19.2 Å². The maximum absolute atomic E-state index is 11.1. The fourth-order valence-electron chi connectivity index (χ4n) is 1.02. The predicted molar refractivity (Wildman–Crippen MR) is 54.3 cm³/mol. The minimum absolute atomic E-state index is 0.129. The van der Waals surface area contributed by atoms with Crippen LogP contribution in [0.2, 0.25) is 0 Å². The Morgan fingerprint density at radius 1 is 1.79 bits per heavy atom. The van der Waals surface area contributed by atoms with Gasteiger partial charge in [0.1, 0.15) is 5.82 Å². The summed E-state index contributed by atoms with van der Waals surface area (Å²) in [6.07, 6.45) is 4.79. The van der Waals surface area contributed by atoms with Crippen molar-refractivity contribution in [2.24, 2.45) is 7.05 Å². The van der Waals surface area contributed by atoms with Gasteiger partial charge in [-0.3, -0.25) is 9.48 Å². The Balaban J connectivity index is 2.54. The van der Waals surface area contributed by atoms with Crippen LogP contribution in [-0.4, -0.2) is 15.7 Å². The third-order valence-electron chi connectivity index (χ3n) is 1.84. The highest BCUT2D eigenvalue weighted by Crippen LogP contribution is 2.07. The monoisotopic (exact) mass is 194 g/mol. The van der Waals surface area contributed by atoms with E-state index in [1.165, 1.54) is 6.08 Å². The number of nitrogens with one attached hydrogen (secondary N) is 1. The van der Waals surface area contributed by atoms with Crippen LogP contribution in [0.1, 0.15) is 12.5 Å². The van der Waals surface area contributed by atoms with Gasteiger partial charge in [-0.2, -0.15) is 5.10 Å². The molecule has 0 aliphatic heterocycles. The molecule has 0 spiro atoms. The Bertz CT molecular complexity index is 354. The van der Waals surface area contributed by atoms with E-state index >= 15 is 0 Å². The minimum atomic E-state index is -0.129. The van der Waals surface area contributed by atoms with Gasteiger partial charge in [0.2, 0.25) is 5.91 Å². The van der Waals surface area contributed by atoms with Crippen molar-refractivity contribution in [2.45, 2.75) is 13.5 Å². The molecule has 0 radical (unpaired) electrons. The van der Waals surface area contributed by atoms with Gasteiger partial charge >= 0.3 is 0 Å². The zero-order valence-corrected chi connectivity index (χ0v) is 8.32. The lowest BCUT2D eigenvalue weighted by atomic mass is 10.3. The number of nitrogens with zero attached hydrogens (tertiary/aromatic N) is 2. The molecular weight excluding hydrogens is 180 g/mol. The highest BCUT2D eigenvalue weighted by molar-refractivity contribution is 5.87. The molecule has 1 heterocycles. The first-order valence-corrected chi connectivity index (χ1v) is 4.32. The number of amides is 1. The summed E-state index contributed by atoms with van der Waals surface area (Å²) in [4.78, 5) is 11.1. The number of nitrogens with two attached hydrogens (primary N) is 1. The van der Waals surface area contributed by atoms with E-state index in [9.17, 15) is 4.79 Å². The van der Waals surface area contributed by atoms with Crippen molar-refractivity contribution in [2.75, 3.05) is 5.73 Å². The number of allylic oxidation sites excluding steroid dienone is 1. The van der Waals surface area contributed by atoms with Gasteiger partial charge in [0.15, 0.2) is 0 Å². The Labute approximate surface area is 82.6 Å². The molecule has 1 aromatic rings. The zero-order valence-electron chi connectivity index (χ0n) is 8.32. The summed E-state index contributed by atoms with van der Waals surface area (Å²) in [5.41, 5.74) is 6.52. The number of nitrogen functional groups attached to an aromatic ring is 1. The molecule has 0 aliphatic rings. The summed E-state index contributed by atoms with van der Waals surface area (Å²) in [6.45, 7) is 2.20. The molecule has 1 amide bonds. The molecule has 0 fully saturated rings. The summed E-state index contributed by atoms with van der Waals surface area (Å²) in [7, 11) is 1.76. The molecule has 0 aliphatic carbocycles. The highest BCUT2D eigenvalue weighted by Gasteiger charge is 2.04. The summed E-state index contributed by atoms with van der Waals surface area (Å²) in [6, 6.07) is 0. The lowest BCUT2D eigenvalue weighted by molar-refractivity contribution is -0.116. The smallest absolute Gasteiger partial charge is 0.243 e. The Kier molecular flexibility index (Phi) is 3.28. The maximum Gasteiger partial charge on any atom is 0.243 e. The van der Waals surface area contributed by atoms with Crippen LogP contribution in [0.25, 0.3) is 0 Å². The summed E-state index contributed by atoms with van der Waals surface area (Å²) >= 11 is 0. The number of hydrogen-bond acceptors (Lipinski definition) is 3. The molecule has 0 bridgehead atoms. The molecule has 1 rings (SSSR count). The van der Waals surface area contributed by atoms with Crippen LogP contribution >= 0.6 is 0 Å². The number of carbonyl (C=O) groups excluding carboxylic acids is 1. The lowest BCUT2D eigenvalue weighted by Gasteiger charge is -2.01. The van der Waals surface area contributed by atoms with Crippen LogP contribution < -0.4 is 11.1 Å². The third-order valence-corrected chi connectivity index (χ3v) is 1.84. The molecule has 5 heteroatoms. The average Bonchev–Trinajstić information content (AvgIpc) is 2.46. The second kappa shape index (κ2) is 4.45. The van der Waals surface area contributed by atoms with Gasteiger partial charge in [0.05, 0.1) is 6.20 Å². The number of carbonyl (C=O) groups is 1. The Morgan fingerprint density at radius 3 is 3.00 bits per heavy atom. The standard InChI is InChI=1S/C9H14N4O/c1-3-4-8(14)11-5-7-6-12-13(2)9(7)10/h3-4,6H,5,10H2,1-2H3,(H,11,14). The number of aromatic nitrogens is 2. The molecular formula is C9H14N4O. The fraction of sp³-hybridized carbons (Fsp3) is 0.333. The van der Waals surface area contributed by atoms with Gasteiger partial charge in [-0.05, 0) is 13.0 Å². The normalized spacial score (nSPS) is 10.7. The first-order valence-electron chi connectivity index (χ1n) is 4.32. The molecule has 0 saturated heterocycles. The average molecular weight is 194 g/mol. The van der Waals surface area contributed by atoms with E-state index in [0.29, 0.717) is 12.4 Å². The van der Waals surface area contributed by atoms with Crippen molar-refractivity contribution in [1.82, 2.24) is 15.1 Å². The van der Waals surface area contributed by atoms with Crippen LogP contribution in [0.15, 0.2) is 18.3 Å². The van der Waals surface area contributed by atoms with Crippen molar-refractivity contribution in [1.29, 1.82) is 0 Å². The third kappa shape index (κ3) is 2.35. The van der Waals surface area contributed by atoms with Crippen molar-refractivity contribution < 1.29 is 4.79 Å². The first-order chi connectivity index (χ1) is 6.65. The van der Waals surface area contributed by atoms with Gasteiger partial charge in [-0.15, -0.1) is 0 Å². The van der Waals surface area contributed by atoms with Crippen LogP contribution in [0.3, 0.4) is 0 Å². The maximum atomic E-state index is 11.1. The van der Waals surface area contributed by atoms with Crippen molar-refractivity contribution in [3.8, 4) is 0 Å². The largest absolute Gasteiger partial charge is 0.384 e. The minimum Gasteiger partial charge on any atom is -0.384 e. The topological polar surface area (TPSA) is 72.9 Å². The molecule has 0 aromatic carbocycles. The number of hydrogen-bond donors (Lipinski definition) is 2. The van der Waals surface area contributed by atoms with Crippen LogP contribution in [-0.2, 0) is 18.4 Å². The number of aryl methyl sites for hydroxylation is 1. The fourth-order valence-corrected chi connectivity index (χ4v) is 1.02. The zero-order chi connectivity index (χ0) is 10.6. The molecule has 0 saturated carbocycles. The first kappa shape index (κ1) is 10.3. The van der Waals surface area contributed by atoms with E-state index in [2.05, 4.69) is 10.4 Å². The summed E-state index contributed by atoms with van der Waals surface area (Å²) in [5.74, 6) is 0.446. The van der Waals surface area contributed by atoms with Crippen molar-refractivity contribution >= 4 is 11.7 Å². The summed E-state index contributed by atoms with van der Waals surface area (Å²) < 4.78 is 1.57. The van der Waals surface area contributed by atoms with E-state index in [1.54, 1.807) is 30.9 Å². The molecule has 1 aromatic heterocycles. The van der Waals surface area contributed by atoms with Gasteiger partial charge < -0.3 is 11.1 Å².